The maximum Gasteiger partial charge on any atom is 0.303 e. The SMILES string of the molecule is C=C1C(C[C@H]2NC2(O)O)=C(Cc2[nH]c(C[C@H]3NC(=O)C(CC)=C3C)c(C)c2CCC(=O)O)NC1C[C@@H]1NC(=O)C(C)/C1=C(\C)S. The van der Waals surface area contributed by atoms with Crippen LogP contribution in [0.25, 0.3) is 0 Å². The zero-order chi connectivity index (χ0) is 33.0. The molecule has 2 amide bonds. The van der Waals surface area contributed by atoms with E-state index in [0.717, 1.165) is 61.0 Å². The Hall–Kier alpha value is -3.32. The Morgan fingerprint density at radius 2 is 1.71 bits per heavy atom. The molecule has 0 radical (unpaired) electrons. The molecule has 5 atom stereocenters. The van der Waals surface area contributed by atoms with Gasteiger partial charge in [0.05, 0.1) is 30.1 Å². The molecule has 2 fully saturated rings. The molecule has 45 heavy (non-hydrogen) atoms. The summed E-state index contributed by atoms with van der Waals surface area (Å²) in [6, 6.07) is -1.13. The minimum Gasteiger partial charge on any atom is -0.481 e. The molecule has 0 bridgehead atoms. The van der Waals surface area contributed by atoms with E-state index in [-0.39, 0.29) is 42.3 Å². The van der Waals surface area contributed by atoms with Crippen LogP contribution in [0.5, 0.6) is 0 Å². The number of allylic oxidation sites excluding steroid dienone is 2. The first-order valence-electron chi connectivity index (χ1n) is 15.6. The number of H-pyrrole nitrogens is 1. The highest BCUT2D eigenvalue weighted by atomic mass is 32.1. The number of aromatic nitrogens is 1. The topological polar surface area (TPSA) is 186 Å². The van der Waals surface area contributed by atoms with Crippen molar-refractivity contribution < 1.29 is 29.7 Å². The highest BCUT2D eigenvalue weighted by Crippen LogP contribution is 2.39. The number of nitrogens with one attached hydrogen (secondary N) is 5. The van der Waals surface area contributed by atoms with Crippen LogP contribution in [0.1, 0.15) is 75.9 Å². The minimum atomic E-state index is -1.94. The van der Waals surface area contributed by atoms with Crippen LogP contribution in [0.15, 0.2) is 45.0 Å². The fourth-order valence-electron chi connectivity index (χ4n) is 7.27. The Morgan fingerprint density at radius 3 is 2.29 bits per heavy atom. The number of carboxylic acid groups (broad SMARTS) is 1. The van der Waals surface area contributed by atoms with Gasteiger partial charge in [0, 0.05) is 41.9 Å². The number of aromatic amines is 1. The first kappa shape index (κ1) is 33.1. The molecule has 8 N–H and O–H groups in total. The number of aliphatic hydroxyl groups is 2. The van der Waals surface area contributed by atoms with E-state index in [1.54, 1.807) is 0 Å². The summed E-state index contributed by atoms with van der Waals surface area (Å²) in [5, 5.41) is 42.2. The fourth-order valence-corrected chi connectivity index (χ4v) is 7.62. The number of carboxylic acids is 1. The van der Waals surface area contributed by atoms with Crippen LogP contribution in [0.2, 0.25) is 0 Å². The van der Waals surface area contributed by atoms with E-state index in [9.17, 15) is 29.7 Å². The maximum atomic E-state index is 12.6. The van der Waals surface area contributed by atoms with Crippen molar-refractivity contribution in [1.29, 1.82) is 0 Å². The van der Waals surface area contributed by atoms with Gasteiger partial charge in [0.2, 0.25) is 17.7 Å². The molecule has 0 saturated carbocycles. The largest absolute Gasteiger partial charge is 0.481 e. The average Bonchev–Trinajstić information content (AvgIpc) is 3.17. The predicted octanol–water partition coefficient (Wildman–Crippen LogP) is 2.16. The number of carbonyl (C=O) groups is 3. The normalized spacial score (nSPS) is 28.5. The molecule has 4 aliphatic heterocycles. The lowest BCUT2D eigenvalue weighted by molar-refractivity contribution is -0.137. The Kier molecular flexibility index (Phi) is 9.16. The summed E-state index contributed by atoms with van der Waals surface area (Å²) in [5.41, 5.74) is 9.06. The molecule has 12 heteroatoms. The number of aliphatic carboxylic acids is 1. The highest BCUT2D eigenvalue weighted by Gasteiger charge is 2.52. The zero-order valence-electron chi connectivity index (χ0n) is 26.6. The summed E-state index contributed by atoms with van der Waals surface area (Å²) in [5.74, 6) is -3.19. The summed E-state index contributed by atoms with van der Waals surface area (Å²) in [6.07, 6.45) is 2.83. The van der Waals surface area contributed by atoms with Gasteiger partial charge in [-0.2, -0.15) is 0 Å². The molecule has 1 aromatic heterocycles. The van der Waals surface area contributed by atoms with Crippen molar-refractivity contribution in [2.45, 2.75) is 110 Å². The lowest BCUT2D eigenvalue weighted by Crippen LogP contribution is -2.35. The maximum absolute atomic E-state index is 12.6. The van der Waals surface area contributed by atoms with Crippen molar-refractivity contribution in [2.24, 2.45) is 5.92 Å². The summed E-state index contributed by atoms with van der Waals surface area (Å²) in [7, 11) is 0. The van der Waals surface area contributed by atoms with Crippen molar-refractivity contribution in [2.75, 3.05) is 0 Å². The monoisotopic (exact) mass is 639 g/mol. The summed E-state index contributed by atoms with van der Waals surface area (Å²) < 4.78 is 0. The van der Waals surface area contributed by atoms with E-state index in [1.165, 1.54) is 0 Å². The van der Waals surface area contributed by atoms with Crippen molar-refractivity contribution in [3.63, 3.8) is 0 Å². The second-order valence-corrected chi connectivity index (χ2v) is 13.5. The molecule has 5 heterocycles. The Balaban J connectivity index is 1.45. The van der Waals surface area contributed by atoms with Crippen molar-refractivity contribution in [3.05, 3.63) is 67.6 Å². The molecule has 11 nitrogen and oxygen atoms in total. The predicted molar refractivity (Wildman–Crippen MR) is 173 cm³/mol. The third-order valence-corrected chi connectivity index (χ3v) is 10.3. The third-order valence-electron chi connectivity index (χ3n) is 10.0. The molecule has 5 rings (SSSR count). The summed E-state index contributed by atoms with van der Waals surface area (Å²) >= 11 is 4.56. The van der Waals surface area contributed by atoms with Crippen molar-refractivity contribution in [3.8, 4) is 0 Å². The Bertz CT molecular complexity index is 1550. The molecule has 2 unspecified atom stereocenters. The average molecular weight is 640 g/mol. The summed E-state index contributed by atoms with van der Waals surface area (Å²) in [6.45, 7) is 14.1. The van der Waals surface area contributed by atoms with Crippen LogP contribution in [-0.2, 0) is 33.6 Å². The van der Waals surface area contributed by atoms with E-state index < -0.39 is 17.9 Å². The van der Waals surface area contributed by atoms with Crippen LogP contribution < -0.4 is 21.3 Å². The van der Waals surface area contributed by atoms with Crippen LogP contribution in [0.4, 0.5) is 0 Å². The van der Waals surface area contributed by atoms with Gasteiger partial charge < -0.3 is 36.3 Å². The number of carbonyl (C=O) groups excluding carboxylic acids is 2. The zero-order valence-corrected chi connectivity index (χ0v) is 27.5. The fraction of sp³-hybridized carbons (Fsp3) is 0.545. The standard InChI is InChI=1S/C33H45N5O6S/c1-7-19-14(2)24(36-32(19)42)11-22-15(3)20(8-9-29(39)40)25(34-22)13-26-21(10-28-33(43,44)38-28)16(4)23(35-26)12-27-30(18(6)45)17(5)31(41)37-27/h17,23-24,27-28,34-35,38,43-45H,4,7-13H2,1-3,5-6H3,(H,36,42)(H,37,41)(H,39,40)/b30-18-/t17?,23?,24-,27+,28-/m1/s1. The minimum absolute atomic E-state index is 0.0276. The quantitative estimate of drug-likeness (QED) is 0.0946. The smallest absolute Gasteiger partial charge is 0.303 e. The van der Waals surface area contributed by atoms with Crippen LogP contribution >= 0.6 is 12.6 Å². The molecule has 4 aliphatic rings. The van der Waals surface area contributed by atoms with E-state index >= 15 is 0 Å². The third kappa shape index (κ3) is 6.51. The number of amides is 2. The van der Waals surface area contributed by atoms with E-state index in [1.807, 2.05) is 34.6 Å². The second kappa shape index (κ2) is 12.5. The van der Waals surface area contributed by atoms with Gasteiger partial charge in [-0.15, -0.1) is 12.6 Å². The van der Waals surface area contributed by atoms with E-state index in [2.05, 4.69) is 45.5 Å². The van der Waals surface area contributed by atoms with Gasteiger partial charge in [0.1, 0.15) is 0 Å². The van der Waals surface area contributed by atoms with Crippen molar-refractivity contribution >= 4 is 30.4 Å². The number of hydrogen-bond donors (Lipinski definition) is 9. The first-order chi connectivity index (χ1) is 21.1. The van der Waals surface area contributed by atoms with Crippen LogP contribution in [0.3, 0.4) is 0 Å². The summed E-state index contributed by atoms with van der Waals surface area (Å²) in [4.78, 5) is 41.0. The first-order valence-corrected chi connectivity index (χ1v) is 16.1. The number of rotatable bonds is 12. The molecule has 2 saturated heterocycles. The van der Waals surface area contributed by atoms with Crippen LogP contribution in [-0.4, -0.2) is 68.2 Å². The lowest BCUT2D eigenvalue weighted by Gasteiger charge is -2.22. The number of hydrogen-bond acceptors (Lipinski definition) is 8. The van der Waals surface area contributed by atoms with Crippen LogP contribution in [0, 0.1) is 12.8 Å². The van der Waals surface area contributed by atoms with Gasteiger partial charge >= 0.3 is 5.97 Å². The molecule has 0 spiro atoms. The molecular weight excluding hydrogens is 594 g/mol. The molecule has 1 aromatic rings. The van der Waals surface area contributed by atoms with E-state index in [0.29, 0.717) is 38.5 Å². The Labute approximate surface area is 269 Å². The second-order valence-electron chi connectivity index (χ2n) is 12.9. The molecular formula is C33H45N5O6S. The van der Waals surface area contributed by atoms with Gasteiger partial charge in [-0.3, -0.25) is 19.7 Å². The number of thiol groups is 1. The van der Waals surface area contributed by atoms with Gasteiger partial charge in [-0.05, 0) is 91.7 Å². The van der Waals surface area contributed by atoms with Gasteiger partial charge in [-0.1, -0.05) is 13.5 Å². The molecule has 244 valence electrons. The lowest BCUT2D eigenvalue weighted by atomic mass is 9.90. The highest BCUT2D eigenvalue weighted by molar-refractivity contribution is 7.84. The van der Waals surface area contributed by atoms with E-state index in [4.69, 9.17) is 0 Å². The van der Waals surface area contributed by atoms with Crippen molar-refractivity contribution in [1.82, 2.24) is 26.3 Å². The molecule has 0 aromatic carbocycles. The van der Waals surface area contributed by atoms with Gasteiger partial charge in [-0.25, -0.2) is 0 Å². The van der Waals surface area contributed by atoms with Gasteiger partial charge in [0.25, 0.3) is 0 Å². The molecule has 0 aliphatic carbocycles. The van der Waals surface area contributed by atoms with Gasteiger partial charge in [0.15, 0.2) is 0 Å². The Morgan fingerprint density at radius 1 is 1.02 bits per heavy atom.